The maximum absolute atomic E-state index is 11.7. The molecule has 22 heavy (non-hydrogen) atoms. The van der Waals surface area contributed by atoms with E-state index in [2.05, 4.69) is 22.8 Å². The van der Waals surface area contributed by atoms with Gasteiger partial charge >= 0.3 is 6.03 Å². The Hall–Kier alpha value is -1.65. The van der Waals surface area contributed by atoms with Crippen LogP contribution in [0.15, 0.2) is 59.5 Å². The van der Waals surface area contributed by atoms with E-state index in [-0.39, 0.29) is 6.03 Å². The Bertz CT molecular complexity index is 575. The molecule has 0 unspecified atom stereocenters. The summed E-state index contributed by atoms with van der Waals surface area (Å²) in [6.07, 6.45) is 0.938. The van der Waals surface area contributed by atoms with Crippen LogP contribution in [-0.4, -0.2) is 18.3 Å². The van der Waals surface area contributed by atoms with Gasteiger partial charge in [-0.15, -0.1) is 11.8 Å². The van der Waals surface area contributed by atoms with Gasteiger partial charge in [0.05, 0.1) is 0 Å². The standard InChI is InChI=1S/C17H19ClN2OS/c18-15-9-7-14(8-10-15)13-20-17(21)19-11-4-12-22-16-5-2-1-3-6-16/h1-3,5-10H,4,11-13H2,(H2,19,20,21). The molecule has 2 N–H and O–H groups in total. The van der Waals surface area contributed by atoms with Gasteiger partial charge in [0.25, 0.3) is 0 Å². The molecule has 0 aliphatic heterocycles. The summed E-state index contributed by atoms with van der Waals surface area (Å²) >= 11 is 7.61. The monoisotopic (exact) mass is 334 g/mol. The van der Waals surface area contributed by atoms with Gasteiger partial charge in [0, 0.05) is 23.0 Å². The van der Waals surface area contributed by atoms with Crippen molar-refractivity contribution < 1.29 is 4.79 Å². The number of amides is 2. The van der Waals surface area contributed by atoms with Crippen LogP contribution in [0.1, 0.15) is 12.0 Å². The molecule has 0 radical (unpaired) electrons. The van der Waals surface area contributed by atoms with Gasteiger partial charge in [-0.1, -0.05) is 41.9 Å². The number of halogens is 1. The zero-order valence-electron chi connectivity index (χ0n) is 12.2. The second kappa shape index (κ2) is 9.38. The second-order valence-electron chi connectivity index (χ2n) is 4.75. The van der Waals surface area contributed by atoms with Crippen molar-refractivity contribution in [1.82, 2.24) is 10.6 Å². The summed E-state index contributed by atoms with van der Waals surface area (Å²) in [4.78, 5) is 12.9. The number of benzene rings is 2. The topological polar surface area (TPSA) is 41.1 Å². The van der Waals surface area contributed by atoms with Crippen molar-refractivity contribution >= 4 is 29.4 Å². The molecule has 2 aromatic rings. The van der Waals surface area contributed by atoms with Crippen molar-refractivity contribution in [2.45, 2.75) is 17.9 Å². The quantitative estimate of drug-likeness (QED) is 0.584. The normalized spacial score (nSPS) is 10.2. The lowest BCUT2D eigenvalue weighted by molar-refractivity contribution is 0.240. The van der Waals surface area contributed by atoms with Crippen molar-refractivity contribution in [3.63, 3.8) is 0 Å². The van der Waals surface area contributed by atoms with Gasteiger partial charge < -0.3 is 10.6 Å². The zero-order chi connectivity index (χ0) is 15.6. The molecule has 0 aromatic heterocycles. The highest BCUT2D eigenvalue weighted by atomic mass is 35.5. The highest BCUT2D eigenvalue weighted by Gasteiger charge is 2.00. The Morgan fingerprint density at radius 2 is 1.73 bits per heavy atom. The second-order valence-corrected chi connectivity index (χ2v) is 6.36. The van der Waals surface area contributed by atoms with E-state index in [1.807, 2.05) is 42.5 Å². The van der Waals surface area contributed by atoms with E-state index >= 15 is 0 Å². The number of nitrogens with one attached hydrogen (secondary N) is 2. The van der Waals surface area contributed by atoms with E-state index in [1.54, 1.807) is 11.8 Å². The lowest BCUT2D eigenvalue weighted by Gasteiger charge is -2.08. The molecule has 0 bridgehead atoms. The van der Waals surface area contributed by atoms with E-state index in [0.29, 0.717) is 18.1 Å². The van der Waals surface area contributed by atoms with Crippen LogP contribution < -0.4 is 10.6 Å². The molecule has 3 nitrogen and oxygen atoms in total. The molecular weight excluding hydrogens is 316 g/mol. The van der Waals surface area contributed by atoms with Gasteiger partial charge in [-0.3, -0.25) is 0 Å². The van der Waals surface area contributed by atoms with E-state index in [0.717, 1.165) is 17.7 Å². The Morgan fingerprint density at radius 1 is 1.00 bits per heavy atom. The van der Waals surface area contributed by atoms with Crippen LogP contribution in [0.25, 0.3) is 0 Å². The number of hydrogen-bond donors (Lipinski definition) is 2. The molecule has 5 heteroatoms. The summed E-state index contributed by atoms with van der Waals surface area (Å²) in [6.45, 7) is 1.17. The highest BCUT2D eigenvalue weighted by molar-refractivity contribution is 7.99. The fourth-order valence-electron chi connectivity index (χ4n) is 1.83. The summed E-state index contributed by atoms with van der Waals surface area (Å²) in [5, 5.41) is 6.39. The largest absolute Gasteiger partial charge is 0.338 e. The molecule has 0 aliphatic carbocycles. The third-order valence-electron chi connectivity index (χ3n) is 2.98. The van der Waals surface area contributed by atoms with Crippen LogP contribution in [0.2, 0.25) is 5.02 Å². The fourth-order valence-corrected chi connectivity index (χ4v) is 2.83. The van der Waals surface area contributed by atoms with Gasteiger partial charge in [-0.2, -0.15) is 0 Å². The maximum Gasteiger partial charge on any atom is 0.315 e. The number of carbonyl (C=O) groups is 1. The average Bonchev–Trinajstić information content (AvgIpc) is 2.55. The van der Waals surface area contributed by atoms with Gasteiger partial charge in [0.15, 0.2) is 0 Å². The van der Waals surface area contributed by atoms with Crippen LogP contribution in [0.3, 0.4) is 0 Å². The third kappa shape index (κ3) is 6.41. The summed E-state index contributed by atoms with van der Waals surface area (Å²) in [7, 11) is 0. The first-order valence-electron chi connectivity index (χ1n) is 7.18. The van der Waals surface area contributed by atoms with Crippen LogP contribution >= 0.6 is 23.4 Å². The molecule has 0 saturated heterocycles. The van der Waals surface area contributed by atoms with Gasteiger partial charge in [-0.05, 0) is 42.0 Å². The van der Waals surface area contributed by atoms with E-state index in [9.17, 15) is 4.79 Å². The minimum absolute atomic E-state index is 0.139. The first kappa shape index (κ1) is 16.7. The van der Waals surface area contributed by atoms with Crippen LogP contribution in [0.5, 0.6) is 0 Å². The number of thioether (sulfide) groups is 1. The minimum Gasteiger partial charge on any atom is -0.338 e. The number of urea groups is 1. The predicted octanol–water partition coefficient (Wildman–Crippen LogP) is 4.32. The molecule has 0 saturated carbocycles. The molecule has 0 fully saturated rings. The van der Waals surface area contributed by atoms with Gasteiger partial charge in [0.2, 0.25) is 0 Å². The molecule has 0 aliphatic rings. The smallest absolute Gasteiger partial charge is 0.315 e. The SMILES string of the molecule is O=C(NCCCSc1ccccc1)NCc1ccc(Cl)cc1. The fraction of sp³-hybridized carbons (Fsp3) is 0.235. The Balaban J connectivity index is 1.55. The lowest BCUT2D eigenvalue weighted by Crippen LogP contribution is -2.35. The minimum atomic E-state index is -0.139. The Morgan fingerprint density at radius 3 is 2.45 bits per heavy atom. The summed E-state index contributed by atoms with van der Waals surface area (Å²) in [5.41, 5.74) is 1.03. The summed E-state index contributed by atoms with van der Waals surface area (Å²) in [6, 6.07) is 17.6. The van der Waals surface area contributed by atoms with Gasteiger partial charge in [0.1, 0.15) is 0 Å². The first-order valence-corrected chi connectivity index (χ1v) is 8.54. The molecule has 2 aromatic carbocycles. The third-order valence-corrected chi connectivity index (χ3v) is 4.34. The Kier molecular flexibility index (Phi) is 7.13. The summed E-state index contributed by atoms with van der Waals surface area (Å²) in [5.74, 6) is 0.988. The van der Waals surface area contributed by atoms with Crippen LogP contribution in [-0.2, 0) is 6.54 Å². The molecule has 2 amide bonds. The van der Waals surface area contributed by atoms with Crippen LogP contribution in [0.4, 0.5) is 4.79 Å². The highest BCUT2D eigenvalue weighted by Crippen LogP contribution is 2.17. The lowest BCUT2D eigenvalue weighted by atomic mass is 10.2. The van der Waals surface area contributed by atoms with Crippen molar-refractivity contribution in [2.75, 3.05) is 12.3 Å². The van der Waals surface area contributed by atoms with Crippen molar-refractivity contribution in [3.8, 4) is 0 Å². The van der Waals surface area contributed by atoms with Crippen molar-refractivity contribution in [3.05, 3.63) is 65.2 Å². The van der Waals surface area contributed by atoms with E-state index in [4.69, 9.17) is 11.6 Å². The predicted molar refractivity (Wildman–Crippen MR) is 93.5 cm³/mol. The first-order chi connectivity index (χ1) is 10.7. The number of carbonyl (C=O) groups excluding carboxylic acids is 1. The summed E-state index contributed by atoms with van der Waals surface area (Å²) < 4.78 is 0. The van der Waals surface area contributed by atoms with E-state index in [1.165, 1.54) is 4.90 Å². The molecule has 0 spiro atoms. The van der Waals surface area contributed by atoms with Crippen LogP contribution in [0, 0.1) is 0 Å². The zero-order valence-corrected chi connectivity index (χ0v) is 13.8. The van der Waals surface area contributed by atoms with Gasteiger partial charge in [-0.25, -0.2) is 4.79 Å². The number of hydrogen-bond acceptors (Lipinski definition) is 2. The molecular formula is C17H19ClN2OS. The van der Waals surface area contributed by atoms with Crippen molar-refractivity contribution in [1.29, 1.82) is 0 Å². The molecule has 116 valence electrons. The molecule has 0 heterocycles. The number of rotatable bonds is 7. The maximum atomic E-state index is 11.7. The molecule has 2 rings (SSSR count). The van der Waals surface area contributed by atoms with Crippen molar-refractivity contribution in [2.24, 2.45) is 0 Å². The van der Waals surface area contributed by atoms with E-state index < -0.39 is 0 Å². The Labute approximate surface area is 140 Å². The average molecular weight is 335 g/mol. The molecule has 0 atom stereocenters.